The van der Waals surface area contributed by atoms with E-state index in [-0.39, 0.29) is 11.5 Å². The molecule has 0 saturated heterocycles. The number of carbonyl (C=O) groups is 2. The van der Waals surface area contributed by atoms with Gasteiger partial charge in [-0.05, 0) is 39.0 Å². The zero-order valence-electron chi connectivity index (χ0n) is 16.7. The molecule has 4 N–H and O–H groups in total. The van der Waals surface area contributed by atoms with Gasteiger partial charge in [0.25, 0.3) is 5.91 Å². The molecular weight excluding hydrogens is 375 g/mol. The van der Waals surface area contributed by atoms with Crippen molar-refractivity contribution in [3.8, 4) is 11.1 Å². The number of pyridine rings is 1. The highest BCUT2D eigenvalue weighted by molar-refractivity contribution is 6.02. The van der Waals surface area contributed by atoms with Crippen molar-refractivity contribution in [2.75, 3.05) is 10.6 Å². The Morgan fingerprint density at radius 1 is 1.24 bits per heavy atom. The lowest BCUT2D eigenvalue weighted by atomic mass is 10.0. The molecule has 0 spiro atoms. The normalized spacial score (nSPS) is 12.6. The first-order valence-corrected chi connectivity index (χ1v) is 9.07. The average Bonchev–Trinajstić information content (AvgIpc) is 3.05. The second-order valence-electron chi connectivity index (χ2n) is 7.40. The van der Waals surface area contributed by atoms with Crippen molar-refractivity contribution in [2.45, 2.75) is 39.4 Å². The molecule has 0 aliphatic heterocycles. The summed E-state index contributed by atoms with van der Waals surface area (Å²) in [6.07, 6.45) is 4.75. The predicted molar refractivity (Wildman–Crippen MR) is 110 cm³/mol. The van der Waals surface area contributed by atoms with E-state index in [4.69, 9.17) is 5.73 Å². The number of hydrogen-bond acceptors (Lipinski definition) is 5. The van der Waals surface area contributed by atoms with E-state index < -0.39 is 17.6 Å². The molecule has 3 aromatic heterocycles. The molecule has 0 aromatic carbocycles. The van der Waals surface area contributed by atoms with E-state index in [1.807, 2.05) is 12.1 Å². The minimum absolute atomic E-state index is 0.178. The lowest BCUT2D eigenvalue weighted by molar-refractivity contribution is -0.114. The van der Waals surface area contributed by atoms with E-state index in [2.05, 4.69) is 20.7 Å². The Bertz CT molecular complexity index is 1070. The van der Waals surface area contributed by atoms with Gasteiger partial charge in [0.2, 0.25) is 5.91 Å². The van der Waals surface area contributed by atoms with Crippen LogP contribution < -0.4 is 16.4 Å². The van der Waals surface area contributed by atoms with Gasteiger partial charge in [-0.3, -0.25) is 9.59 Å². The molecule has 1 unspecified atom stereocenters. The Labute approximate surface area is 167 Å². The third kappa shape index (κ3) is 4.34. The standard InChI is InChI=1S/C20H23FN6O2/c1-11(20(3,4)21)25-18-15(19(22)29)9-24-27-10-14(7-16(18)27)13-5-6-17(23-8-13)26-12(2)28/h5-11,25H,1-4H3,(H2,22,29)(H,23,26,28). The number of nitrogens with zero attached hydrogens (tertiary/aromatic N) is 3. The van der Waals surface area contributed by atoms with Gasteiger partial charge in [0.05, 0.1) is 29.0 Å². The van der Waals surface area contributed by atoms with E-state index >= 15 is 0 Å². The van der Waals surface area contributed by atoms with Crippen LogP contribution in [-0.2, 0) is 4.79 Å². The number of nitrogens with two attached hydrogens (primary N) is 1. The van der Waals surface area contributed by atoms with Gasteiger partial charge < -0.3 is 16.4 Å². The first-order valence-electron chi connectivity index (χ1n) is 9.07. The van der Waals surface area contributed by atoms with Crippen molar-refractivity contribution in [3.05, 3.63) is 42.4 Å². The highest BCUT2D eigenvalue weighted by Crippen LogP contribution is 2.30. The van der Waals surface area contributed by atoms with Gasteiger partial charge in [-0.15, -0.1) is 0 Å². The van der Waals surface area contributed by atoms with Crippen molar-refractivity contribution in [3.63, 3.8) is 0 Å². The molecule has 0 radical (unpaired) electrons. The maximum atomic E-state index is 14.4. The Morgan fingerprint density at radius 3 is 2.52 bits per heavy atom. The number of primary amides is 1. The summed E-state index contributed by atoms with van der Waals surface area (Å²) in [4.78, 5) is 27.2. The first-order chi connectivity index (χ1) is 13.6. The van der Waals surface area contributed by atoms with Crippen LogP contribution in [-0.4, -0.2) is 38.1 Å². The zero-order chi connectivity index (χ0) is 21.3. The molecule has 3 heterocycles. The lowest BCUT2D eigenvalue weighted by Crippen LogP contribution is -2.36. The quantitative estimate of drug-likeness (QED) is 0.590. The summed E-state index contributed by atoms with van der Waals surface area (Å²) in [6, 6.07) is 4.73. The Balaban J connectivity index is 2.05. The summed E-state index contributed by atoms with van der Waals surface area (Å²) in [5.74, 6) is -0.417. The summed E-state index contributed by atoms with van der Waals surface area (Å²) in [6.45, 7) is 6.01. The number of carbonyl (C=O) groups excluding carboxylic acids is 2. The van der Waals surface area contributed by atoms with Crippen LogP contribution in [0.15, 0.2) is 36.8 Å². The number of anilines is 2. The van der Waals surface area contributed by atoms with Crippen molar-refractivity contribution in [2.24, 2.45) is 5.73 Å². The maximum Gasteiger partial charge on any atom is 0.252 e. The van der Waals surface area contributed by atoms with E-state index in [9.17, 15) is 14.0 Å². The average molecular weight is 398 g/mol. The number of fused-ring (bicyclic) bond motifs is 1. The van der Waals surface area contributed by atoms with E-state index in [1.165, 1.54) is 27.0 Å². The molecule has 0 aliphatic carbocycles. The number of rotatable bonds is 6. The first kappa shape index (κ1) is 20.2. The number of amides is 2. The van der Waals surface area contributed by atoms with Crippen LogP contribution in [0.2, 0.25) is 0 Å². The minimum atomic E-state index is -1.52. The van der Waals surface area contributed by atoms with Gasteiger partial charge in [-0.25, -0.2) is 13.9 Å². The topological polar surface area (TPSA) is 114 Å². The lowest BCUT2D eigenvalue weighted by Gasteiger charge is -2.26. The number of hydrogen-bond donors (Lipinski definition) is 3. The van der Waals surface area contributed by atoms with Gasteiger partial charge in [0.15, 0.2) is 0 Å². The zero-order valence-corrected chi connectivity index (χ0v) is 16.7. The maximum absolute atomic E-state index is 14.4. The van der Waals surface area contributed by atoms with Crippen LogP contribution in [0.1, 0.15) is 38.1 Å². The molecular formula is C20H23FN6O2. The van der Waals surface area contributed by atoms with Crippen LogP contribution in [0.3, 0.4) is 0 Å². The number of halogens is 1. The Kier molecular flexibility index (Phi) is 5.23. The van der Waals surface area contributed by atoms with Crippen molar-refractivity contribution in [1.82, 2.24) is 14.6 Å². The van der Waals surface area contributed by atoms with E-state index in [0.717, 1.165) is 11.1 Å². The summed E-state index contributed by atoms with van der Waals surface area (Å²) < 4.78 is 15.9. The van der Waals surface area contributed by atoms with Crippen LogP contribution in [0.5, 0.6) is 0 Å². The Morgan fingerprint density at radius 2 is 1.97 bits per heavy atom. The summed E-state index contributed by atoms with van der Waals surface area (Å²) >= 11 is 0. The van der Waals surface area contributed by atoms with E-state index in [0.29, 0.717) is 17.0 Å². The molecule has 0 aliphatic rings. The minimum Gasteiger partial charge on any atom is -0.377 e. The van der Waals surface area contributed by atoms with Gasteiger partial charge >= 0.3 is 0 Å². The third-order valence-electron chi connectivity index (χ3n) is 4.69. The van der Waals surface area contributed by atoms with Gasteiger partial charge in [0.1, 0.15) is 11.5 Å². The number of alkyl halides is 1. The predicted octanol–water partition coefficient (Wildman–Crippen LogP) is 3.00. The Hall–Kier alpha value is -3.49. The molecule has 0 saturated carbocycles. The molecule has 29 heavy (non-hydrogen) atoms. The largest absolute Gasteiger partial charge is 0.377 e. The molecule has 9 heteroatoms. The van der Waals surface area contributed by atoms with Crippen molar-refractivity contribution in [1.29, 1.82) is 0 Å². The van der Waals surface area contributed by atoms with Crippen LogP contribution >= 0.6 is 0 Å². The van der Waals surface area contributed by atoms with Crippen molar-refractivity contribution < 1.29 is 14.0 Å². The highest BCUT2D eigenvalue weighted by Gasteiger charge is 2.27. The SMILES string of the molecule is CC(=O)Nc1ccc(-c2cc3c(NC(C)C(C)(C)F)c(C(N)=O)cnn3c2)cn1. The molecule has 152 valence electrons. The molecule has 0 bridgehead atoms. The van der Waals surface area contributed by atoms with Gasteiger partial charge in [-0.2, -0.15) is 5.10 Å². The molecule has 8 nitrogen and oxygen atoms in total. The molecule has 2 amide bonds. The van der Waals surface area contributed by atoms with E-state index in [1.54, 1.807) is 29.9 Å². The monoisotopic (exact) mass is 398 g/mol. The third-order valence-corrected chi connectivity index (χ3v) is 4.69. The van der Waals surface area contributed by atoms with Gasteiger partial charge in [-0.1, -0.05) is 0 Å². The van der Waals surface area contributed by atoms with Crippen LogP contribution in [0, 0.1) is 0 Å². The molecule has 0 fully saturated rings. The fraction of sp³-hybridized carbons (Fsp3) is 0.300. The van der Waals surface area contributed by atoms with Crippen molar-refractivity contribution >= 4 is 28.8 Å². The van der Waals surface area contributed by atoms with Crippen LogP contribution in [0.4, 0.5) is 15.9 Å². The summed E-state index contributed by atoms with van der Waals surface area (Å²) in [5, 5.41) is 9.92. The molecule has 3 rings (SSSR count). The summed E-state index contributed by atoms with van der Waals surface area (Å²) in [7, 11) is 0. The van der Waals surface area contributed by atoms with Crippen LogP contribution in [0.25, 0.3) is 16.6 Å². The number of aromatic nitrogens is 3. The number of nitrogens with one attached hydrogen (secondary N) is 2. The summed E-state index contributed by atoms with van der Waals surface area (Å²) in [5.41, 5.74) is 6.73. The smallest absolute Gasteiger partial charge is 0.252 e. The highest BCUT2D eigenvalue weighted by atomic mass is 19.1. The fourth-order valence-electron chi connectivity index (χ4n) is 2.76. The molecule has 3 aromatic rings. The second kappa shape index (κ2) is 7.50. The molecule has 1 atom stereocenters. The second-order valence-corrected chi connectivity index (χ2v) is 7.40. The van der Waals surface area contributed by atoms with Gasteiger partial charge in [0, 0.05) is 30.4 Å². The fourth-order valence-corrected chi connectivity index (χ4v) is 2.76.